The first-order chi connectivity index (χ1) is 12.2. The summed E-state index contributed by atoms with van der Waals surface area (Å²) in [4.78, 5) is 17.4. The molecule has 0 aliphatic rings. The number of methoxy groups -OCH3 is 1. The summed E-state index contributed by atoms with van der Waals surface area (Å²) < 4.78 is 51.3. The van der Waals surface area contributed by atoms with E-state index in [2.05, 4.69) is 10.2 Å². The van der Waals surface area contributed by atoms with Crippen LogP contribution in [0.5, 0.6) is 5.75 Å². The number of aliphatic imine (C=N–C) groups is 1. The van der Waals surface area contributed by atoms with Gasteiger partial charge in [0, 0.05) is 31.8 Å². The van der Waals surface area contributed by atoms with E-state index < -0.39 is 23.9 Å². The van der Waals surface area contributed by atoms with Crippen LogP contribution in [0.2, 0.25) is 0 Å². The molecule has 1 atom stereocenters. The summed E-state index contributed by atoms with van der Waals surface area (Å²) in [5, 5.41) is 2.44. The van der Waals surface area contributed by atoms with Crippen LogP contribution in [-0.2, 0) is 10.3 Å². The first-order valence-corrected chi connectivity index (χ1v) is 8.09. The van der Waals surface area contributed by atoms with Gasteiger partial charge in [-0.15, -0.1) is 4.91 Å². The summed E-state index contributed by atoms with van der Waals surface area (Å²) in [6.45, 7) is 4.89. The molecule has 0 N–H and O–H groups in total. The van der Waals surface area contributed by atoms with Crippen molar-refractivity contribution < 1.29 is 22.6 Å². The van der Waals surface area contributed by atoms with E-state index in [-0.39, 0.29) is 12.4 Å². The summed E-state index contributed by atoms with van der Waals surface area (Å²) in [6.07, 6.45) is -3.38. The second kappa shape index (κ2) is 8.98. The largest absolute Gasteiger partial charge is 0.496 e. The predicted octanol–water partition coefficient (Wildman–Crippen LogP) is 4.18. The molecule has 1 aromatic rings. The van der Waals surface area contributed by atoms with E-state index >= 15 is 0 Å². The Labute approximate surface area is 151 Å². The number of hydrogen-bond acceptors (Lipinski definition) is 5. The molecule has 0 aliphatic carbocycles. The Morgan fingerprint density at radius 3 is 2.38 bits per heavy atom. The van der Waals surface area contributed by atoms with Gasteiger partial charge in [-0.1, -0.05) is 0 Å². The lowest BCUT2D eigenvalue weighted by atomic mass is 9.88. The molecule has 6 nitrogen and oxygen atoms in total. The molecule has 1 aromatic carbocycles. The van der Waals surface area contributed by atoms with Crippen LogP contribution in [0.1, 0.15) is 25.0 Å². The fourth-order valence-electron chi connectivity index (χ4n) is 2.24. The molecule has 26 heavy (non-hydrogen) atoms. The van der Waals surface area contributed by atoms with Crippen molar-refractivity contribution in [1.82, 2.24) is 4.90 Å². The number of benzene rings is 1. The molecule has 0 bridgehead atoms. The van der Waals surface area contributed by atoms with Crippen LogP contribution >= 0.6 is 0 Å². The van der Waals surface area contributed by atoms with E-state index in [1.54, 1.807) is 13.3 Å². The fraction of sp³-hybridized carbons (Fsp3) is 0.588. The first kappa shape index (κ1) is 21.9. The third-order valence-corrected chi connectivity index (χ3v) is 4.00. The molecule has 0 saturated heterocycles. The molecule has 0 heterocycles. The van der Waals surface area contributed by atoms with Crippen LogP contribution in [0.15, 0.2) is 22.3 Å². The Morgan fingerprint density at radius 1 is 1.27 bits per heavy atom. The number of aryl methyl sites for hydroxylation is 1. The molecule has 0 aliphatic heterocycles. The topological polar surface area (TPSA) is 63.5 Å². The number of hydrogen-bond donors (Lipinski definition) is 0. The van der Waals surface area contributed by atoms with Crippen molar-refractivity contribution in [2.75, 3.05) is 33.9 Å². The molecule has 0 spiro atoms. The highest BCUT2D eigenvalue weighted by atomic mass is 19.4. The molecule has 9 heteroatoms. The molecule has 1 unspecified atom stereocenters. The monoisotopic (exact) mass is 375 g/mol. The average molecular weight is 375 g/mol. The van der Waals surface area contributed by atoms with E-state index in [0.29, 0.717) is 11.3 Å². The molecule has 0 aromatic heterocycles. The number of rotatable bonds is 9. The number of nitroso groups, excluding NO2 is 1. The Bertz CT molecular complexity index is 650. The second-order valence-electron chi connectivity index (χ2n) is 5.74. The zero-order chi connectivity index (χ0) is 20.0. The third-order valence-electron chi connectivity index (χ3n) is 4.00. The summed E-state index contributed by atoms with van der Waals surface area (Å²) >= 11 is 0. The van der Waals surface area contributed by atoms with Crippen LogP contribution in [0, 0.1) is 11.8 Å². The first-order valence-electron chi connectivity index (χ1n) is 8.09. The highest BCUT2D eigenvalue weighted by Crippen LogP contribution is 2.47. The van der Waals surface area contributed by atoms with E-state index in [1.165, 1.54) is 26.2 Å². The quantitative estimate of drug-likeness (QED) is 0.369. The SMILES string of the molecule is CCOCC(N=O)(c1cc(C)c(N=CN(C)CC)cc1OC)C(F)(F)F. The Kier molecular flexibility index (Phi) is 7.55. The van der Waals surface area contributed by atoms with Gasteiger partial charge in [0.1, 0.15) is 5.75 Å². The number of nitrogens with zero attached hydrogens (tertiary/aromatic N) is 3. The zero-order valence-corrected chi connectivity index (χ0v) is 15.6. The van der Waals surface area contributed by atoms with Crippen molar-refractivity contribution >= 4 is 12.0 Å². The maximum atomic E-state index is 13.8. The molecule has 0 radical (unpaired) electrons. The molecule has 146 valence electrons. The average Bonchev–Trinajstić information content (AvgIpc) is 2.60. The molecular formula is C17H24F3N3O3. The van der Waals surface area contributed by atoms with Gasteiger partial charge in [0.15, 0.2) is 0 Å². The van der Waals surface area contributed by atoms with Crippen molar-refractivity contribution in [2.45, 2.75) is 32.5 Å². The summed E-state index contributed by atoms with van der Waals surface area (Å²) in [6, 6.07) is 2.59. The van der Waals surface area contributed by atoms with E-state index in [0.717, 1.165) is 6.54 Å². The van der Waals surface area contributed by atoms with Gasteiger partial charge in [0.2, 0.25) is 5.54 Å². The molecule has 1 rings (SSSR count). The maximum Gasteiger partial charge on any atom is 0.423 e. The summed E-state index contributed by atoms with van der Waals surface area (Å²) in [7, 11) is 3.05. The lowest BCUT2D eigenvalue weighted by molar-refractivity contribution is -0.203. The minimum atomic E-state index is -4.95. The van der Waals surface area contributed by atoms with Gasteiger partial charge in [-0.2, -0.15) is 13.2 Å². The van der Waals surface area contributed by atoms with Gasteiger partial charge in [-0.05, 0) is 37.6 Å². The minimum Gasteiger partial charge on any atom is -0.496 e. The van der Waals surface area contributed by atoms with Crippen LogP contribution in [0.25, 0.3) is 0 Å². The summed E-state index contributed by atoms with van der Waals surface area (Å²) in [5.41, 5.74) is -2.56. The van der Waals surface area contributed by atoms with Gasteiger partial charge in [-0.25, -0.2) is 4.99 Å². The van der Waals surface area contributed by atoms with Gasteiger partial charge < -0.3 is 14.4 Å². The number of ether oxygens (including phenoxy) is 2. The minimum absolute atomic E-state index is 0.0143. The van der Waals surface area contributed by atoms with Gasteiger partial charge in [0.05, 0.1) is 25.7 Å². The summed E-state index contributed by atoms with van der Waals surface area (Å²) in [5.74, 6) is -0.126. The van der Waals surface area contributed by atoms with Crippen LogP contribution < -0.4 is 4.74 Å². The van der Waals surface area contributed by atoms with E-state index in [4.69, 9.17) is 9.47 Å². The van der Waals surface area contributed by atoms with Crippen molar-refractivity contribution in [1.29, 1.82) is 0 Å². The van der Waals surface area contributed by atoms with Crippen molar-refractivity contribution in [2.24, 2.45) is 10.2 Å². The standard InChI is InChI=1S/C17H24F3N3O3/c1-6-23(4)11-21-14-9-15(25-5)13(8-12(14)3)16(22-24,10-26-7-2)17(18,19)20/h8-9,11H,6-7,10H2,1-5H3. The fourth-order valence-corrected chi connectivity index (χ4v) is 2.24. The van der Waals surface area contributed by atoms with Gasteiger partial charge in [0.25, 0.3) is 0 Å². The highest BCUT2D eigenvalue weighted by molar-refractivity contribution is 5.65. The smallest absolute Gasteiger partial charge is 0.423 e. The lowest BCUT2D eigenvalue weighted by Crippen LogP contribution is -2.44. The predicted molar refractivity (Wildman–Crippen MR) is 94.2 cm³/mol. The van der Waals surface area contributed by atoms with E-state index in [1.807, 2.05) is 18.9 Å². The molecule has 0 fully saturated rings. The Morgan fingerprint density at radius 2 is 1.92 bits per heavy atom. The third kappa shape index (κ3) is 4.51. The maximum absolute atomic E-state index is 13.8. The van der Waals surface area contributed by atoms with Gasteiger partial charge >= 0.3 is 6.18 Å². The van der Waals surface area contributed by atoms with Crippen LogP contribution in [0.3, 0.4) is 0 Å². The second-order valence-corrected chi connectivity index (χ2v) is 5.74. The molecular weight excluding hydrogens is 351 g/mol. The van der Waals surface area contributed by atoms with Crippen molar-refractivity contribution in [3.63, 3.8) is 0 Å². The lowest BCUT2D eigenvalue weighted by Gasteiger charge is -2.30. The number of alkyl halides is 3. The Hall–Kier alpha value is -2.16. The Balaban J connectivity index is 3.55. The van der Waals surface area contributed by atoms with E-state index in [9.17, 15) is 18.1 Å². The highest BCUT2D eigenvalue weighted by Gasteiger charge is 2.60. The molecule has 0 saturated carbocycles. The zero-order valence-electron chi connectivity index (χ0n) is 15.6. The normalized spacial score (nSPS) is 14.3. The van der Waals surface area contributed by atoms with Crippen molar-refractivity contribution in [3.05, 3.63) is 28.2 Å². The number of halogens is 3. The van der Waals surface area contributed by atoms with Gasteiger partial charge in [-0.3, -0.25) is 0 Å². The molecule has 0 amide bonds. The van der Waals surface area contributed by atoms with Crippen LogP contribution in [0.4, 0.5) is 18.9 Å². The van der Waals surface area contributed by atoms with Crippen molar-refractivity contribution in [3.8, 4) is 5.75 Å². The van der Waals surface area contributed by atoms with Crippen LogP contribution in [-0.4, -0.2) is 51.3 Å².